The Hall–Kier alpha value is -1.02. The van der Waals surface area contributed by atoms with Gasteiger partial charge in [0.25, 0.3) is 0 Å². The molecule has 2 N–H and O–H groups in total. The van der Waals surface area contributed by atoms with Crippen LogP contribution in [-0.2, 0) is 9.53 Å². The van der Waals surface area contributed by atoms with Gasteiger partial charge in [0.1, 0.15) is 17.3 Å². The topological polar surface area (TPSA) is 70.7 Å². The highest BCUT2D eigenvalue weighted by atomic mass is 32.2. The summed E-state index contributed by atoms with van der Waals surface area (Å²) in [6.45, 7) is 6.69. The normalized spacial score (nSPS) is 37.3. The summed E-state index contributed by atoms with van der Waals surface area (Å²) in [5, 5.41) is 7.29. The number of piperidine rings is 1. The lowest BCUT2D eigenvalue weighted by Crippen LogP contribution is -2.49. The molecule has 4 aliphatic rings. The molecule has 2 saturated carbocycles. The number of carbonyl (C=O) groups excluding carboxylic acids is 2. The molecular formula is C22H36FN3O3S. The van der Waals surface area contributed by atoms with E-state index in [0.29, 0.717) is 55.5 Å². The van der Waals surface area contributed by atoms with Crippen molar-refractivity contribution in [2.24, 2.45) is 17.8 Å². The average molecular weight is 442 g/mol. The maximum Gasteiger partial charge on any atom is 0.410 e. The smallest absolute Gasteiger partial charge is 0.410 e. The van der Waals surface area contributed by atoms with E-state index in [1.54, 1.807) is 4.90 Å². The van der Waals surface area contributed by atoms with E-state index < -0.39 is 11.8 Å². The largest absolute Gasteiger partial charge is 0.444 e. The number of carbonyl (C=O) groups is 2. The van der Waals surface area contributed by atoms with Gasteiger partial charge in [-0.3, -0.25) is 10.1 Å². The molecule has 2 amide bonds. The Morgan fingerprint density at radius 3 is 2.53 bits per heavy atom. The first kappa shape index (κ1) is 22.2. The van der Waals surface area contributed by atoms with Crippen molar-refractivity contribution < 1.29 is 18.7 Å². The lowest BCUT2D eigenvalue weighted by Gasteiger charge is -2.42. The Bertz CT molecular complexity index is 650. The lowest BCUT2D eigenvalue weighted by atomic mass is 9.68. The van der Waals surface area contributed by atoms with Crippen LogP contribution in [0, 0.1) is 17.8 Å². The Morgan fingerprint density at radius 1 is 1.10 bits per heavy atom. The minimum absolute atomic E-state index is 0.0572. The van der Waals surface area contributed by atoms with Crippen LogP contribution < -0.4 is 10.6 Å². The number of thioether (sulfide) groups is 1. The average Bonchev–Trinajstić information content (AvgIpc) is 3.09. The molecule has 0 radical (unpaired) electrons. The molecule has 30 heavy (non-hydrogen) atoms. The number of hydrogen-bond donors (Lipinski definition) is 2. The molecule has 2 heterocycles. The highest BCUT2D eigenvalue weighted by molar-refractivity contribution is 8.00. The lowest BCUT2D eigenvalue weighted by molar-refractivity contribution is -0.126. The minimum Gasteiger partial charge on any atom is -0.444 e. The predicted octanol–water partition coefficient (Wildman–Crippen LogP) is 3.66. The number of hydrogen-bond acceptors (Lipinski definition) is 5. The maximum absolute atomic E-state index is 13.8. The fourth-order valence-electron chi connectivity index (χ4n) is 5.59. The molecule has 4 fully saturated rings. The van der Waals surface area contributed by atoms with Crippen molar-refractivity contribution in [3.63, 3.8) is 0 Å². The Morgan fingerprint density at radius 2 is 1.83 bits per heavy atom. The van der Waals surface area contributed by atoms with Gasteiger partial charge in [-0.1, -0.05) is 0 Å². The molecule has 2 saturated heterocycles. The van der Waals surface area contributed by atoms with E-state index in [1.165, 1.54) is 0 Å². The van der Waals surface area contributed by atoms with Crippen molar-refractivity contribution in [2.45, 2.75) is 94.3 Å². The summed E-state index contributed by atoms with van der Waals surface area (Å²) in [6, 6.07) is 0.423. The number of halogens is 1. The second kappa shape index (κ2) is 8.85. The number of amides is 2. The second-order valence-corrected chi connectivity index (χ2v) is 11.7. The fraction of sp³-hybridized carbons (Fsp3) is 0.909. The van der Waals surface area contributed by atoms with Crippen LogP contribution in [0.2, 0.25) is 0 Å². The zero-order valence-corrected chi connectivity index (χ0v) is 19.2. The molecule has 0 bridgehead atoms. The summed E-state index contributed by atoms with van der Waals surface area (Å²) in [5.41, 5.74) is -0.561. The SMILES string of the molecule is CC(C)(C)OC(=O)N1CCC(C(=O)NC2NC3CCC4CC(F)CCC4C3S2)CC1. The number of nitrogens with zero attached hydrogens (tertiary/aromatic N) is 1. The van der Waals surface area contributed by atoms with Gasteiger partial charge >= 0.3 is 6.09 Å². The Labute approximate surface area is 183 Å². The van der Waals surface area contributed by atoms with Gasteiger partial charge in [-0.05, 0) is 77.6 Å². The summed E-state index contributed by atoms with van der Waals surface area (Å²) in [5.74, 6) is 1.10. The van der Waals surface area contributed by atoms with Gasteiger partial charge in [0, 0.05) is 30.3 Å². The zero-order valence-electron chi connectivity index (χ0n) is 18.4. The van der Waals surface area contributed by atoms with Crippen molar-refractivity contribution in [1.82, 2.24) is 15.5 Å². The van der Waals surface area contributed by atoms with Gasteiger partial charge in [0.05, 0.1) is 0 Å². The third-order valence-corrected chi connectivity index (χ3v) is 8.61. The number of ether oxygens (including phenoxy) is 1. The third-order valence-electron chi connectivity index (χ3n) is 7.09. The molecule has 0 spiro atoms. The second-order valence-electron chi connectivity index (χ2n) is 10.4. The summed E-state index contributed by atoms with van der Waals surface area (Å²) >= 11 is 1.84. The van der Waals surface area contributed by atoms with Gasteiger partial charge in [-0.2, -0.15) is 0 Å². The van der Waals surface area contributed by atoms with Gasteiger partial charge < -0.3 is 15.0 Å². The molecule has 0 aromatic carbocycles. The van der Waals surface area contributed by atoms with Crippen LogP contribution in [0.25, 0.3) is 0 Å². The highest BCUT2D eigenvalue weighted by Crippen LogP contribution is 2.48. The molecule has 6 unspecified atom stereocenters. The van der Waals surface area contributed by atoms with E-state index in [2.05, 4.69) is 10.6 Å². The molecule has 6 atom stereocenters. The van der Waals surface area contributed by atoms with Crippen molar-refractivity contribution >= 4 is 23.8 Å². The molecule has 0 aromatic rings. The third kappa shape index (κ3) is 5.06. The Balaban J connectivity index is 1.24. The van der Waals surface area contributed by atoms with Gasteiger partial charge in [0.15, 0.2) is 0 Å². The van der Waals surface area contributed by atoms with E-state index in [4.69, 9.17) is 4.74 Å². The van der Waals surface area contributed by atoms with E-state index in [-0.39, 0.29) is 23.4 Å². The van der Waals surface area contributed by atoms with E-state index in [9.17, 15) is 14.0 Å². The van der Waals surface area contributed by atoms with Crippen LogP contribution >= 0.6 is 11.8 Å². The molecule has 2 aliphatic heterocycles. The first-order chi connectivity index (χ1) is 14.2. The predicted molar refractivity (Wildman–Crippen MR) is 116 cm³/mol. The first-order valence-corrected chi connectivity index (χ1v) is 12.5. The van der Waals surface area contributed by atoms with Gasteiger partial charge in [0.2, 0.25) is 5.91 Å². The number of fused-ring (bicyclic) bond motifs is 3. The quantitative estimate of drug-likeness (QED) is 0.684. The van der Waals surface area contributed by atoms with Gasteiger partial charge in [-0.15, -0.1) is 11.8 Å². The molecule has 6 nitrogen and oxygen atoms in total. The summed E-state index contributed by atoms with van der Waals surface area (Å²) in [6.07, 6.45) is 4.98. The van der Waals surface area contributed by atoms with Crippen molar-refractivity contribution in [3.05, 3.63) is 0 Å². The van der Waals surface area contributed by atoms with E-state index in [0.717, 1.165) is 25.7 Å². The molecule has 0 aromatic heterocycles. The first-order valence-electron chi connectivity index (χ1n) is 11.5. The van der Waals surface area contributed by atoms with E-state index in [1.807, 2.05) is 32.5 Å². The number of nitrogens with one attached hydrogen (secondary N) is 2. The standard InChI is InChI=1S/C22H36FN3O3S/c1-22(2,3)29-21(28)26-10-8-13(9-11-26)19(27)25-20-24-17-7-4-14-12-15(23)5-6-16(14)18(17)30-20/h13-18,20,24H,4-12H2,1-3H3,(H,25,27). The van der Waals surface area contributed by atoms with Crippen LogP contribution in [0.5, 0.6) is 0 Å². The minimum atomic E-state index is -0.621. The van der Waals surface area contributed by atoms with E-state index >= 15 is 0 Å². The number of likely N-dealkylation sites (tertiary alicyclic amines) is 1. The molecular weight excluding hydrogens is 405 g/mol. The van der Waals surface area contributed by atoms with Crippen LogP contribution in [0.1, 0.15) is 65.7 Å². The maximum atomic E-state index is 13.8. The van der Waals surface area contributed by atoms with Gasteiger partial charge in [-0.25, -0.2) is 9.18 Å². The highest BCUT2D eigenvalue weighted by Gasteiger charge is 2.48. The van der Waals surface area contributed by atoms with Crippen molar-refractivity contribution in [3.8, 4) is 0 Å². The van der Waals surface area contributed by atoms with Crippen molar-refractivity contribution in [2.75, 3.05) is 13.1 Å². The summed E-state index contributed by atoms with van der Waals surface area (Å²) in [4.78, 5) is 26.8. The Kier molecular flexibility index (Phi) is 6.54. The van der Waals surface area contributed by atoms with Crippen LogP contribution in [0.4, 0.5) is 9.18 Å². The molecule has 170 valence electrons. The van der Waals surface area contributed by atoms with Crippen molar-refractivity contribution in [1.29, 1.82) is 0 Å². The number of alkyl halides is 1. The van der Waals surface area contributed by atoms with Crippen LogP contribution in [-0.4, -0.2) is 58.6 Å². The zero-order chi connectivity index (χ0) is 21.5. The summed E-state index contributed by atoms with van der Waals surface area (Å²) < 4.78 is 19.2. The van der Waals surface area contributed by atoms with Crippen LogP contribution in [0.15, 0.2) is 0 Å². The molecule has 8 heteroatoms. The molecule has 4 rings (SSSR count). The number of rotatable bonds is 2. The molecule has 2 aliphatic carbocycles. The summed E-state index contributed by atoms with van der Waals surface area (Å²) in [7, 11) is 0. The fourth-order valence-corrected chi connectivity index (χ4v) is 7.31. The van der Waals surface area contributed by atoms with Crippen LogP contribution in [0.3, 0.4) is 0 Å². The monoisotopic (exact) mass is 441 g/mol.